The van der Waals surface area contributed by atoms with E-state index in [4.69, 9.17) is 9.47 Å². The number of hydrogen-bond acceptors (Lipinski definition) is 7. The van der Waals surface area contributed by atoms with Crippen molar-refractivity contribution in [3.05, 3.63) is 30.3 Å². The maximum Gasteiger partial charge on any atom is 0.420 e. The van der Waals surface area contributed by atoms with Crippen LogP contribution in [0, 0.1) is 0 Å². The van der Waals surface area contributed by atoms with Crippen LogP contribution in [0.15, 0.2) is 35.2 Å². The standard InChI is InChI=1S/C22H34N2O6S/c1-21(2,3)29-19(25)24(20(26)30-22(4,5)6)17-13-12-16(23-14-17)15-31(27,28)18-10-8-7-9-11-18/h7-11,16-17,23H,12-15H2,1-6H3/t16?,17-/m0/s1. The van der Waals surface area contributed by atoms with Crippen LogP contribution in [0.4, 0.5) is 9.59 Å². The highest BCUT2D eigenvalue weighted by atomic mass is 32.2. The molecule has 1 aliphatic rings. The molecule has 0 spiro atoms. The first-order chi connectivity index (χ1) is 14.2. The minimum absolute atomic E-state index is 0.0530. The summed E-state index contributed by atoms with van der Waals surface area (Å²) in [5, 5.41) is 3.17. The van der Waals surface area contributed by atoms with Gasteiger partial charge in [0.2, 0.25) is 0 Å². The number of sulfone groups is 1. The topological polar surface area (TPSA) is 102 Å². The molecular formula is C22H34N2O6S. The Labute approximate surface area is 185 Å². The van der Waals surface area contributed by atoms with Crippen LogP contribution in [0.3, 0.4) is 0 Å². The van der Waals surface area contributed by atoms with Crippen molar-refractivity contribution in [2.75, 3.05) is 12.3 Å². The lowest BCUT2D eigenvalue weighted by Gasteiger charge is -2.37. The molecular weight excluding hydrogens is 420 g/mol. The molecule has 8 nitrogen and oxygen atoms in total. The molecule has 1 aromatic carbocycles. The molecule has 0 bridgehead atoms. The van der Waals surface area contributed by atoms with Crippen molar-refractivity contribution in [2.24, 2.45) is 0 Å². The fraction of sp³-hybridized carbons (Fsp3) is 0.636. The van der Waals surface area contributed by atoms with E-state index in [0.717, 1.165) is 4.90 Å². The van der Waals surface area contributed by atoms with Crippen LogP contribution < -0.4 is 5.32 Å². The summed E-state index contributed by atoms with van der Waals surface area (Å²) in [5.41, 5.74) is -1.54. The second-order valence-electron chi connectivity index (χ2n) is 9.76. The number of ether oxygens (including phenoxy) is 2. The predicted octanol–water partition coefficient (Wildman–Crippen LogP) is 3.75. The van der Waals surface area contributed by atoms with Gasteiger partial charge in [-0.15, -0.1) is 0 Å². The lowest BCUT2D eigenvalue weighted by atomic mass is 10.0. The zero-order valence-corrected chi connectivity index (χ0v) is 20.0. The lowest BCUT2D eigenvalue weighted by Crippen LogP contribution is -2.56. The van der Waals surface area contributed by atoms with Gasteiger partial charge in [0.1, 0.15) is 11.2 Å². The van der Waals surface area contributed by atoms with Gasteiger partial charge < -0.3 is 14.8 Å². The third-order valence-corrected chi connectivity index (χ3v) is 6.39. The van der Waals surface area contributed by atoms with E-state index < -0.39 is 39.3 Å². The zero-order chi connectivity index (χ0) is 23.4. The Morgan fingerprint density at radius 2 is 1.48 bits per heavy atom. The maximum absolute atomic E-state index is 12.8. The summed E-state index contributed by atoms with van der Waals surface area (Å²) in [4.78, 5) is 26.8. The van der Waals surface area contributed by atoms with Gasteiger partial charge in [-0.3, -0.25) is 0 Å². The molecule has 1 fully saturated rings. The summed E-state index contributed by atoms with van der Waals surface area (Å²) in [6, 6.07) is 7.53. The van der Waals surface area contributed by atoms with Gasteiger partial charge in [-0.25, -0.2) is 22.9 Å². The van der Waals surface area contributed by atoms with Gasteiger partial charge in [-0.2, -0.15) is 0 Å². The fourth-order valence-corrected chi connectivity index (χ4v) is 4.83. The molecule has 9 heteroatoms. The van der Waals surface area contributed by atoms with Crippen LogP contribution in [-0.2, 0) is 19.3 Å². The van der Waals surface area contributed by atoms with Crippen LogP contribution in [0.25, 0.3) is 0 Å². The number of piperidine rings is 1. The summed E-state index contributed by atoms with van der Waals surface area (Å²) >= 11 is 0. The van der Waals surface area contributed by atoms with Gasteiger partial charge in [-0.05, 0) is 66.5 Å². The number of amides is 2. The van der Waals surface area contributed by atoms with Crippen molar-refractivity contribution < 1.29 is 27.5 Å². The highest BCUT2D eigenvalue weighted by Crippen LogP contribution is 2.23. The summed E-state index contributed by atoms with van der Waals surface area (Å²) < 4.78 is 36.1. The largest absolute Gasteiger partial charge is 0.443 e. The van der Waals surface area contributed by atoms with Crippen molar-refractivity contribution in [1.82, 2.24) is 10.2 Å². The summed E-state index contributed by atoms with van der Waals surface area (Å²) in [7, 11) is -3.44. The molecule has 2 atom stereocenters. The molecule has 1 aromatic rings. The number of hydrogen-bond donors (Lipinski definition) is 1. The SMILES string of the molecule is CC(C)(C)OC(=O)N(C(=O)OC(C)(C)C)[C@H]1CCC(CS(=O)(=O)c2ccccc2)NC1. The van der Waals surface area contributed by atoms with Gasteiger partial charge in [-0.1, -0.05) is 18.2 Å². The number of rotatable bonds is 4. The minimum Gasteiger partial charge on any atom is -0.443 e. The summed E-state index contributed by atoms with van der Waals surface area (Å²) in [5.74, 6) is -0.0530. The molecule has 1 unspecified atom stereocenters. The van der Waals surface area contributed by atoms with Crippen molar-refractivity contribution in [1.29, 1.82) is 0 Å². The molecule has 0 aromatic heterocycles. The van der Waals surface area contributed by atoms with E-state index in [2.05, 4.69) is 5.32 Å². The van der Waals surface area contributed by atoms with Crippen LogP contribution >= 0.6 is 0 Å². The molecule has 2 rings (SSSR count). The third-order valence-electron chi connectivity index (χ3n) is 4.56. The van der Waals surface area contributed by atoms with Gasteiger partial charge >= 0.3 is 12.2 Å². The minimum atomic E-state index is -3.44. The van der Waals surface area contributed by atoms with Crippen molar-refractivity contribution in [3.63, 3.8) is 0 Å². The molecule has 1 saturated heterocycles. The van der Waals surface area contributed by atoms with E-state index >= 15 is 0 Å². The molecule has 1 heterocycles. The van der Waals surface area contributed by atoms with E-state index in [-0.39, 0.29) is 23.2 Å². The Kier molecular flexibility index (Phi) is 7.75. The molecule has 174 valence electrons. The van der Waals surface area contributed by atoms with Crippen LogP contribution in [0.5, 0.6) is 0 Å². The average Bonchev–Trinajstić information content (AvgIpc) is 2.61. The van der Waals surface area contributed by atoms with Crippen molar-refractivity contribution >= 4 is 22.0 Å². The molecule has 0 radical (unpaired) electrons. The molecule has 1 aliphatic heterocycles. The van der Waals surface area contributed by atoms with E-state index in [9.17, 15) is 18.0 Å². The van der Waals surface area contributed by atoms with Gasteiger partial charge in [0.25, 0.3) is 0 Å². The van der Waals surface area contributed by atoms with Crippen molar-refractivity contribution in [3.8, 4) is 0 Å². The Balaban J connectivity index is 2.09. The molecule has 0 saturated carbocycles. The first kappa shape index (κ1) is 25.1. The summed E-state index contributed by atoms with van der Waals surface area (Å²) in [6.07, 6.45) is -0.618. The number of nitrogens with one attached hydrogen (secondary N) is 1. The summed E-state index contributed by atoms with van der Waals surface area (Å²) in [6.45, 7) is 10.6. The van der Waals surface area contributed by atoms with E-state index in [0.29, 0.717) is 12.8 Å². The highest BCUT2D eigenvalue weighted by molar-refractivity contribution is 7.91. The Bertz CT molecular complexity index is 836. The number of carbonyl (C=O) groups is 2. The quantitative estimate of drug-likeness (QED) is 0.739. The lowest BCUT2D eigenvalue weighted by molar-refractivity contribution is -0.0101. The van der Waals surface area contributed by atoms with Crippen LogP contribution in [0.2, 0.25) is 0 Å². The van der Waals surface area contributed by atoms with Gasteiger partial charge in [0.05, 0.1) is 16.7 Å². The monoisotopic (exact) mass is 454 g/mol. The van der Waals surface area contributed by atoms with Gasteiger partial charge in [0, 0.05) is 12.6 Å². The Morgan fingerprint density at radius 1 is 0.968 bits per heavy atom. The smallest absolute Gasteiger partial charge is 0.420 e. The predicted molar refractivity (Wildman–Crippen MR) is 118 cm³/mol. The van der Waals surface area contributed by atoms with E-state index in [1.165, 1.54) is 0 Å². The number of nitrogens with zero attached hydrogens (tertiary/aromatic N) is 1. The van der Waals surface area contributed by atoms with Crippen LogP contribution in [-0.4, -0.2) is 61.1 Å². The highest BCUT2D eigenvalue weighted by Gasteiger charge is 2.39. The first-order valence-corrected chi connectivity index (χ1v) is 12.1. The maximum atomic E-state index is 12.8. The van der Waals surface area contributed by atoms with E-state index in [1.54, 1.807) is 71.9 Å². The Morgan fingerprint density at radius 3 is 1.90 bits per heavy atom. The molecule has 1 N–H and O–H groups in total. The molecule has 2 amide bonds. The zero-order valence-electron chi connectivity index (χ0n) is 19.2. The number of imide groups is 1. The first-order valence-electron chi connectivity index (χ1n) is 10.4. The fourth-order valence-electron chi connectivity index (χ4n) is 3.25. The second-order valence-corrected chi connectivity index (χ2v) is 11.8. The van der Waals surface area contributed by atoms with E-state index in [1.807, 2.05) is 0 Å². The van der Waals surface area contributed by atoms with Crippen LogP contribution in [0.1, 0.15) is 54.4 Å². The Hall–Kier alpha value is -2.13. The number of carbonyl (C=O) groups excluding carboxylic acids is 2. The molecule has 31 heavy (non-hydrogen) atoms. The number of benzene rings is 1. The van der Waals surface area contributed by atoms with Gasteiger partial charge in [0.15, 0.2) is 9.84 Å². The normalized spacial score (nSPS) is 20.1. The average molecular weight is 455 g/mol. The van der Waals surface area contributed by atoms with Crippen molar-refractivity contribution in [2.45, 2.75) is 82.6 Å². The third kappa shape index (κ3) is 7.81. The molecule has 0 aliphatic carbocycles. The second kappa shape index (κ2) is 9.56.